The number of para-hydroxylation sites is 1. The molecule has 1 saturated heterocycles. The summed E-state index contributed by atoms with van der Waals surface area (Å²) in [5.41, 5.74) is 3.20. The number of amides is 2. The molecule has 1 fully saturated rings. The summed E-state index contributed by atoms with van der Waals surface area (Å²) in [5.74, 6) is 0.0219. The van der Waals surface area contributed by atoms with Crippen LogP contribution >= 0.6 is 0 Å². The second-order valence-corrected chi connectivity index (χ2v) is 8.73. The van der Waals surface area contributed by atoms with Crippen molar-refractivity contribution in [3.63, 3.8) is 0 Å². The number of nitrogens with zero attached hydrogens (tertiary/aromatic N) is 2. The van der Waals surface area contributed by atoms with Crippen LogP contribution in [-0.2, 0) is 20.7 Å². The highest BCUT2D eigenvalue weighted by atomic mass is 16.5. The number of hydrogen-bond donors (Lipinski definition) is 2. The number of aromatic amines is 1. The minimum absolute atomic E-state index is 0.0618. The molecule has 8 nitrogen and oxygen atoms in total. The van der Waals surface area contributed by atoms with Crippen molar-refractivity contribution in [2.75, 3.05) is 25.0 Å². The number of rotatable bonds is 8. The maximum atomic E-state index is 13.1. The number of fused-ring (bicyclic) bond motifs is 1. The third-order valence-corrected chi connectivity index (χ3v) is 6.25. The largest absolute Gasteiger partial charge is 0.376 e. The Bertz CT molecular complexity index is 1250. The Morgan fingerprint density at radius 2 is 2.00 bits per heavy atom. The summed E-state index contributed by atoms with van der Waals surface area (Å²) in [6.45, 7) is 4.92. The molecule has 2 N–H and O–H groups in total. The molecule has 2 aromatic carbocycles. The molecular weight excluding hydrogens is 432 g/mol. The lowest BCUT2D eigenvalue weighted by atomic mass is 10.1. The van der Waals surface area contributed by atoms with Crippen molar-refractivity contribution in [2.45, 2.75) is 45.6 Å². The van der Waals surface area contributed by atoms with E-state index in [4.69, 9.17) is 4.74 Å². The molecule has 2 amide bonds. The first-order valence-electron chi connectivity index (χ1n) is 11.6. The molecule has 3 aromatic rings. The molecule has 0 spiro atoms. The average Bonchev–Trinajstić information content (AvgIpc) is 3.33. The Balaban J connectivity index is 1.44. The van der Waals surface area contributed by atoms with Gasteiger partial charge in [0.1, 0.15) is 5.82 Å². The highest BCUT2D eigenvalue weighted by Crippen LogP contribution is 2.19. The average molecular weight is 463 g/mol. The maximum absolute atomic E-state index is 13.1. The van der Waals surface area contributed by atoms with Crippen molar-refractivity contribution in [3.8, 4) is 0 Å². The van der Waals surface area contributed by atoms with Gasteiger partial charge in [-0.05, 0) is 56.0 Å². The van der Waals surface area contributed by atoms with Crippen LogP contribution in [0.15, 0.2) is 47.3 Å². The van der Waals surface area contributed by atoms with Crippen LogP contribution in [0.1, 0.15) is 36.2 Å². The SMILES string of the molecule is Cc1cccc(NC(=O)CN(CC2CCCO2)C(=O)CCc2nc3ccccc3c(=O)[nH]2)c1C. The van der Waals surface area contributed by atoms with E-state index >= 15 is 0 Å². The number of H-pyrrole nitrogens is 1. The normalized spacial score (nSPS) is 15.4. The van der Waals surface area contributed by atoms with Gasteiger partial charge in [-0.15, -0.1) is 0 Å². The fraction of sp³-hybridized carbons (Fsp3) is 0.385. The predicted molar refractivity (Wildman–Crippen MR) is 131 cm³/mol. The van der Waals surface area contributed by atoms with E-state index in [1.807, 2.05) is 38.1 Å². The summed E-state index contributed by atoms with van der Waals surface area (Å²) in [6.07, 6.45) is 2.15. The molecule has 0 radical (unpaired) electrons. The number of carbonyl (C=O) groups is 2. The predicted octanol–water partition coefficient (Wildman–Crippen LogP) is 3.12. The van der Waals surface area contributed by atoms with Crippen molar-refractivity contribution >= 4 is 28.4 Å². The van der Waals surface area contributed by atoms with Crippen molar-refractivity contribution < 1.29 is 14.3 Å². The summed E-state index contributed by atoms with van der Waals surface area (Å²) in [6, 6.07) is 12.8. The Hall–Kier alpha value is -3.52. The molecule has 1 unspecified atom stereocenters. The number of ether oxygens (including phenoxy) is 1. The fourth-order valence-electron chi connectivity index (χ4n) is 4.18. The second-order valence-electron chi connectivity index (χ2n) is 8.73. The summed E-state index contributed by atoms with van der Waals surface area (Å²) in [7, 11) is 0. The molecule has 1 atom stereocenters. The lowest BCUT2D eigenvalue weighted by molar-refractivity contribution is -0.136. The van der Waals surface area contributed by atoms with Gasteiger partial charge >= 0.3 is 0 Å². The quantitative estimate of drug-likeness (QED) is 0.535. The molecule has 1 aromatic heterocycles. The van der Waals surface area contributed by atoms with Gasteiger partial charge < -0.3 is 19.9 Å². The van der Waals surface area contributed by atoms with E-state index in [0.29, 0.717) is 29.9 Å². The smallest absolute Gasteiger partial charge is 0.258 e. The molecule has 0 bridgehead atoms. The van der Waals surface area contributed by atoms with Crippen LogP contribution in [0.3, 0.4) is 0 Å². The number of aryl methyl sites for hydroxylation is 2. The topological polar surface area (TPSA) is 104 Å². The first-order valence-corrected chi connectivity index (χ1v) is 11.6. The number of aromatic nitrogens is 2. The zero-order valence-electron chi connectivity index (χ0n) is 19.6. The van der Waals surface area contributed by atoms with Crippen LogP contribution in [0.4, 0.5) is 5.69 Å². The number of hydrogen-bond acceptors (Lipinski definition) is 5. The minimum atomic E-state index is -0.253. The van der Waals surface area contributed by atoms with Gasteiger partial charge in [-0.2, -0.15) is 0 Å². The van der Waals surface area contributed by atoms with Crippen molar-refractivity contribution in [1.29, 1.82) is 0 Å². The van der Waals surface area contributed by atoms with Crippen LogP contribution < -0.4 is 10.9 Å². The number of carbonyl (C=O) groups excluding carboxylic acids is 2. The zero-order chi connectivity index (χ0) is 24.1. The van der Waals surface area contributed by atoms with Crippen molar-refractivity contribution in [2.24, 2.45) is 0 Å². The standard InChI is InChI=1S/C26H30N4O4/c1-17-7-5-11-21(18(17)2)28-24(31)16-30(15-19-8-6-14-34-19)25(32)13-12-23-27-22-10-4-3-9-20(22)26(33)29-23/h3-5,7,9-11,19H,6,8,12-16H2,1-2H3,(H,28,31)(H,27,29,33). The van der Waals surface area contributed by atoms with Gasteiger partial charge in [0.25, 0.3) is 5.56 Å². The highest BCUT2D eigenvalue weighted by Gasteiger charge is 2.24. The highest BCUT2D eigenvalue weighted by molar-refractivity contribution is 5.95. The van der Waals surface area contributed by atoms with E-state index in [-0.39, 0.29) is 42.9 Å². The first kappa shape index (κ1) is 23.6. The lowest BCUT2D eigenvalue weighted by Gasteiger charge is -2.25. The van der Waals surface area contributed by atoms with E-state index in [1.54, 1.807) is 23.1 Å². The van der Waals surface area contributed by atoms with Gasteiger partial charge in [0.05, 0.1) is 23.6 Å². The number of nitrogens with one attached hydrogen (secondary N) is 2. The molecule has 178 valence electrons. The van der Waals surface area contributed by atoms with Gasteiger partial charge in [-0.3, -0.25) is 14.4 Å². The van der Waals surface area contributed by atoms with Crippen molar-refractivity contribution in [1.82, 2.24) is 14.9 Å². The van der Waals surface area contributed by atoms with Crippen LogP contribution in [0.25, 0.3) is 10.9 Å². The van der Waals surface area contributed by atoms with E-state index in [9.17, 15) is 14.4 Å². The van der Waals surface area contributed by atoms with Crippen LogP contribution in [0.5, 0.6) is 0 Å². The Morgan fingerprint density at radius 3 is 2.79 bits per heavy atom. The molecule has 0 aliphatic carbocycles. The van der Waals surface area contributed by atoms with E-state index in [1.165, 1.54) is 0 Å². The fourth-order valence-corrected chi connectivity index (χ4v) is 4.18. The molecule has 2 heterocycles. The van der Waals surface area contributed by atoms with Gasteiger partial charge in [0, 0.05) is 31.7 Å². The Kier molecular flexibility index (Phi) is 7.37. The first-order chi connectivity index (χ1) is 16.4. The molecule has 1 aliphatic rings. The van der Waals surface area contributed by atoms with Gasteiger partial charge in [0.15, 0.2) is 0 Å². The van der Waals surface area contributed by atoms with Gasteiger partial charge in [-0.1, -0.05) is 24.3 Å². The third-order valence-electron chi connectivity index (χ3n) is 6.25. The van der Waals surface area contributed by atoms with E-state index in [2.05, 4.69) is 15.3 Å². The van der Waals surface area contributed by atoms with E-state index < -0.39 is 0 Å². The molecule has 0 saturated carbocycles. The monoisotopic (exact) mass is 462 g/mol. The summed E-state index contributed by atoms with van der Waals surface area (Å²) in [5, 5.41) is 3.44. The molecule has 8 heteroatoms. The van der Waals surface area contributed by atoms with Crippen LogP contribution in [0.2, 0.25) is 0 Å². The van der Waals surface area contributed by atoms with Crippen LogP contribution in [0, 0.1) is 13.8 Å². The molecule has 1 aliphatic heterocycles. The summed E-state index contributed by atoms with van der Waals surface area (Å²) < 4.78 is 5.71. The zero-order valence-corrected chi connectivity index (χ0v) is 19.6. The second kappa shape index (κ2) is 10.6. The molecule has 34 heavy (non-hydrogen) atoms. The Morgan fingerprint density at radius 1 is 1.18 bits per heavy atom. The lowest BCUT2D eigenvalue weighted by Crippen LogP contribution is -2.42. The number of benzene rings is 2. The third kappa shape index (κ3) is 5.69. The molecule has 4 rings (SSSR count). The Labute approximate surface area is 198 Å². The molecular formula is C26H30N4O4. The van der Waals surface area contributed by atoms with Gasteiger partial charge in [-0.25, -0.2) is 4.98 Å². The van der Waals surface area contributed by atoms with Crippen LogP contribution in [-0.4, -0.2) is 52.5 Å². The summed E-state index contributed by atoms with van der Waals surface area (Å²) >= 11 is 0. The maximum Gasteiger partial charge on any atom is 0.258 e. The van der Waals surface area contributed by atoms with Crippen molar-refractivity contribution in [3.05, 3.63) is 69.8 Å². The van der Waals surface area contributed by atoms with Gasteiger partial charge in [0.2, 0.25) is 11.8 Å². The minimum Gasteiger partial charge on any atom is -0.376 e. The summed E-state index contributed by atoms with van der Waals surface area (Å²) in [4.78, 5) is 47.1. The van der Waals surface area contributed by atoms with E-state index in [0.717, 1.165) is 29.7 Å². The number of anilines is 1.